The van der Waals surface area contributed by atoms with Crippen molar-refractivity contribution in [2.75, 3.05) is 0 Å². The molecule has 190 valence electrons. The van der Waals surface area contributed by atoms with E-state index in [-0.39, 0.29) is 38.9 Å². The van der Waals surface area contributed by atoms with Gasteiger partial charge in [0.15, 0.2) is 5.78 Å². The highest BCUT2D eigenvalue weighted by Crippen LogP contribution is 2.75. The van der Waals surface area contributed by atoms with Gasteiger partial charge in [0, 0.05) is 5.92 Å². The molecule has 0 saturated heterocycles. The molecule has 0 aromatic heterocycles. The molecule has 0 amide bonds. The van der Waals surface area contributed by atoms with Crippen LogP contribution in [0.25, 0.3) is 0 Å². The van der Waals surface area contributed by atoms with Gasteiger partial charge in [-0.15, -0.1) is 0 Å². The second kappa shape index (κ2) is 7.00. The van der Waals surface area contributed by atoms with E-state index < -0.39 is 11.4 Å². The number of ketones is 1. The van der Waals surface area contributed by atoms with Crippen LogP contribution in [0.3, 0.4) is 0 Å². The van der Waals surface area contributed by atoms with Gasteiger partial charge in [0.2, 0.25) is 0 Å². The third-order valence-electron chi connectivity index (χ3n) is 13.6. The third kappa shape index (κ3) is 2.82. The summed E-state index contributed by atoms with van der Waals surface area (Å²) in [7, 11) is 0. The smallest absolute Gasteiger partial charge is 0.309 e. The lowest BCUT2D eigenvalue weighted by atomic mass is 9.33. The summed E-state index contributed by atoms with van der Waals surface area (Å²) in [5, 5.41) is 10.1. The van der Waals surface area contributed by atoms with Crippen LogP contribution < -0.4 is 0 Å². The lowest BCUT2D eigenvalue weighted by Crippen LogP contribution is -2.66. The fourth-order valence-corrected chi connectivity index (χ4v) is 10.6. The van der Waals surface area contributed by atoms with Gasteiger partial charge in [-0.05, 0) is 116 Å². The molecule has 0 bridgehead atoms. The van der Waals surface area contributed by atoms with Crippen molar-refractivity contribution in [3.8, 4) is 0 Å². The molecule has 0 heterocycles. The monoisotopic (exact) mass is 468 g/mol. The van der Waals surface area contributed by atoms with Crippen molar-refractivity contribution < 1.29 is 14.7 Å². The summed E-state index contributed by atoms with van der Waals surface area (Å²) >= 11 is 0. The molecule has 1 N–H and O–H groups in total. The largest absolute Gasteiger partial charge is 0.481 e. The van der Waals surface area contributed by atoms with Crippen LogP contribution >= 0.6 is 0 Å². The number of carboxylic acids is 1. The molecule has 4 saturated carbocycles. The molecule has 0 spiro atoms. The van der Waals surface area contributed by atoms with Crippen LogP contribution in [0.1, 0.15) is 113 Å². The van der Waals surface area contributed by atoms with Crippen molar-refractivity contribution in [3.05, 3.63) is 11.6 Å². The Morgan fingerprint density at radius 3 is 2.21 bits per heavy atom. The van der Waals surface area contributed by atoms with E-state index in [0.717, 1.165) is 38.5 Å². The van der Waals surface area contributed by atoms with Crippen molar-refractivity contribution in [2.24, 2.45) is 56.2 Å². The van der Waals surface area contributed by atoms with Crippen LogP contribution in [-0.4, -0.2) is 16.9 Å². The molecule has 0 radical (unpaired) electrons. The van der Waals surface area contributed by atoms with Crippen LogP contribution in [0, 0.1) is 56.2 Å². The molecule has 5 aliphatic rings. The normalized spacial score (nSPS) is 54.1. The van der Waals surface area contributed by atoms with Gasteiger partial charge in [-0.25, -0.2) is 0 Å². The first-order valence-electron chi connectivity index (χ1n) is 14.0. The Labute approximate surface area is 207 Å². The molecule has 3 heteroatoms. The van der Waals surface area contributed by atoms with Gasteiger partial charge in [-0.2, -0.15) is 0 Å². The van der Waals surface area contributed by atoms with Crippen molar-refractivity contribution in [2.45, 2.75) is 113 Å². The Hall–Kier alpha value is -1.12. The van der Waals surface area contributed by atoms with E-state index in [1.54, 1.807) is 0 Å². The van der Waals surface area contributed by atoms with Gasteiger partial charge in [0.1, 0.15) is 0 Å². The quantitative estimate of drug-likeness (QED) is 0.429. The fourth-order valence-electron chi connectivity index (χ4n) is 10.6. The fraction of sp³-hybridized carbons (Fsp3) is 0.871. The van der Waals surface area contributed by atoms with Crippen LogP contribution in [0.5, 0.6) is 0 Å². The second-order valence-electron chi connectivity index (χ2n) is 15.3. The van der Waals surface area contributed by atoms with Gasteiger partial charge in [-0.3, -0.25) is 9.59 Å². The number of carbonyl (C=O) groups is 2. The maximum Gasteiger partial charge on any atom is 0.309 e. The van der Waals surface area contributed by atoms with Gasteiger partial charge in [0.05, 0.1) is 5.41 Å². The first-order chi connectivity index (χ1) is 15.6. The number of carbonyl (C=O) groups excluding carboxylic acids is 1. The van der Waals surface area contributed by atoms with Crippen LogP contribution in [0.4, 0.5) is 0 Å². The van der Waals surface area contributed by atoms with Crippen LogP contribution in [0.2, 0.25) is 0 Å². The van der Waals surface area contributed by atoms with Crippen molar-refractivity contribution in [1.29, 1.82) is 0 Å². The minimum Gasteiger partial charge on any atom is -0.481 e. The predicted molar refractivity (Wildman–Crippen MR) is 136 cm³/mol. The zero-order valence-electron chi connectivity index (χ0n) is 23.0. The number of aliphatic carboxylic acids is 1. The number of rotatable bonds is 1. The molecule has 1 unspecified atom stereocenters. The number of carboxylic acid groups (broad SMARTS) is 1. The first-order valence-corrected chi connectivity index (χ1v) is 14.0. The molecule has 5 rings (SSSR count). The minimum atomic E-state index is -0.683. The zero-order valence-corrected chi connectivity index (χ0v) is 23.0. The SMILES string of the molecule is C[C@H]1CC[C@@]2(C)C(CC[C@]3(C)[C@@H]2C(=O)C=C2[C@@H]4C[C@@](C)(C(=O)O)CC[C@]4(C)CC[C@]23C)C1(C)C. The Bertz CT molecular complexity index is 962. The Morgan fingerprint density at radius 1 is 0.912 bits per heavy atom. The van der Waals surface area contributed by atoms with E-state index in [0.29, 0.717) is 24.0 Å². The maximum atomic E-state index is 14.3. The summed E-state index contributed by atoms with van der Waals surface area (Å²) in [4.78, 5) is 26.5. The summed E-state index contributed by atoms with van der Waals surface area (Å²) in [5.41, 5.74) is 1.00. The van der Waals surface area contributed by atoms with Crippen molar-refractivity contribution in [1.82, 2.24) is 0 Å². The lowest BCUT2D eigenvalue weighted by Gasteiger charge is -2.70. The van der Waals surface area contributed by atoms with Crippen molar-refractivity contribution in [3.63, 3.8) is 0 Å². The van der Waals surface area contributed by atoms with E-state index in [4.69, 9.17) is 0 Å². The molecule has 3 nitrogen and oxygen atoms in total. The average Bonchev–Trinajstić information content (AvgIpc) is 2.73. The van der Waals surface area contributed by atoms with Crippen LogP contribution in [-0.2, 0) is 9.59 Å². The Morgan fingerprint density at radius 2 is 1.56 bits per heavy atom. The molecule has 0 aromatic carbocycles. The number of hydrogen-bond donors (Lipinski definition) is 1. The summed E-state index contributed by atoms with van der Waals surface area (Å²) in [6.07, 6.45) is 11.5. The number of allylic oxidation sites excluding steroid dienone is 2. The van der Waals surface area contributed by atoms with Crippen LogP contribution in [0.15, 0.2) is 11.6 Å². The molecule has 4 fully saturated rings. The average molecular weight is 469 g/mol. The molecule has 5 aliphatic carbocycles. The van der Waals surface area contributed by atoms with Gasteiger partial charge in [0.25, 0.3) is 0 Å². The number of hydrogen-bond acceptors (Lipinski definition) is 2. The van der Waals surface area contributed by atoms with E-state index in [1.165, 1.54) is 18.4 Å². The molecular formula is C31H48O3. The topological polar surface area (TPSA) is 54.4 Å². The van der Waals surface area contributed by atoms with Gasteiger partial charge >= 0.3 is 5.97 Å². The minimum absolute atomic E-state index is 0.0201. The lowest BCUT2D eigenvalue weighted by molar-refractivity contribution is -0.192. The van der Waals surface area contributed by atoms with E-state index >= 15 is 0 Å². The second-order valence-corrected chi connectivity index (χ2v) is 15.3. The zero-order chi connectivity index (χ0) is 25.1. The standard InChI is InChI=1S/C31H48O3/c1-19-9-11-29(6)23(26(19,2)3)10-12-31(8)24(29)22(32)17-20-21-18-28(5,25(33)34)14-13-27(21,4)15-16-30(20,31)7/h17,19,21,23-24H,9-16,18H2,1-8H3,(H,33,34)/t19-,21-,23?,24+,27+,28-,29-,30+,31+/m0/s1. The summed E-state index contributed by atoms with van der Waals surface area (Å²) in [6, 6.07) is 0. The third-order valence-corrected chi connectivity index (χ3v) is 13.6. The molecular weight excluding hydrogens is 420 g/mol. The van der Waals surface area contributed by atoms with Crippen molar-refractivity contribution >= 4 is 11.8 Å². The maximum absolute atomic E-state index is 14.3. The molecule has 0 aromatic rings. The summed E-state index contributed by atoms with van der Waals surface area (Å²) in [6.45, 7) is 19.0. The molecule has 0 aliphatic heterocycles. The summed E-state index contributed by atoms with van der Waals surface area (Å²) < 4.78 is 0. The Balaban J connectivity index is 1.62. The van der Waals surface area contributed by atoms with Gasteiger partial charge in [-0.1, -0.05) is 54.0 Å². The Kier molecular flexibility index (Phi) is 5.06. The highest BCUT2D eigenvalue weighted by molar-refractivity contribution is 5.95. The first kappa shape index (κ1) is 24.6. The molecule has 9 atom stereocenters. The van der Waals surface area contributed by atoms with E-state index in [2.05, 4.69) is 54.5 Å². The van der Waals surface area contributed by atoms with Gasteiger partial charge < -0.3 is 5.11 Å². The highest BCUT2D eigenvalue weighted by atomic mass is 16.4. The predicted octanol–water partition coefficient (Wildman–Crippen LogP) is 7.69. The highest BCUT2D eigenvalue weighted by Gasteiger charge is 2.70. The van der Waals surface area contributed by atoms with E-state index in [9.17, 15) is 14.7 Å². The molecule has 34 heavy (non-hydrogen) atoms. The summed E-state index contributed by atoms with van der Waals surface area (Å²) in [5.74, 6) is 1.26. The number of fused-ring (bicyclic) bond motifs is 7. The van der Waals surface area contributed by atoms with E-state index in [1.807, 2.05) is 6.92 Å².